The van der Waals surface area contributed by atoms with Crippen molar-refractivity contribution in [2.75, 3.05) is 11.9 Å². The number of halogens is 2. The van der Waals surface area contributed by atoms with E-state index in [0.717, 1.165) is 31.0 Å². The molecule has 1 heterocycles. The van der Waals surface area contributed by atoms with E-state index in [9.17, 15) is 9.59 Å². The SMILES string of the molecule is Cc1cc(Br)c(NC(=O)COC(=O)Cc2cccc3cccnc23)c(Br)c1. The number of pyridine rings is 1. The number of nitrogens with one attached hydrogen (secondary N) is 1. The van der Waals surface area contributed by atoms with E-state index in [1.54, 1.807) is 6.20 Å². The van der Waals surface area contributed by atoms with Crippen molar-refractivity contribution in [3.63, 3.8) is 0 Å². The van der Waals surface area contributed by atoms with Crippen LogP contribution in [-0.2, 0) is 20.7 Å². The molecule has 0 aliphatic rings. The minimum Gasteiger partial charge on any atom is -0.455 e. The number of fused-ring (bicyclic) bond motifs is 1. The first-order chi connectivity index (χ1) is 12.9. The van der Waals surface area contributed by atoms with Crippen LogP contribution in [-0.4, -0.2) is 23.5 Å². The summed E-state index contributed by atoms with van der Waals surface area (Å²) in [6.07, 6.45) is 1.74. The van der Waals surface area contributed by atoms with Crippen LogP contribution < -0.4 is 5.32 Å². The Morgan fingerprint density at radius 3 is 2.56 bits per heavy atom. The van der Waals surface area contributed by atoms with Crippen molar-refractivity contribution in [3.05, 3.63) is 68.7 Å². The van der Waals surface area contributed by atoms with Crippen LogP contribution in [0.15, 0.2) is 57.6 Å². The van der Waals surface area contributed by atoms with E-state index >= 15 is 0 Å². The van der Waals surface area contributed by atoms with Gasteiger partial charge >= 0.3 is 5.97 Å². The number of rotatable bonds is 5. The maximum atomic E-state index is 12.1. The Morgan fingerprint density at radius 1 is 1.11 bits per heavy atom. The highest BCUT2D eigenvalue weighted by Gasteiger charge is 2.14. The standard InChI is InChI=1S/C20H16Br2N2O3/c1-12-8-15(21)20(16(22)9-12)24-17(25)11-27-18(26)10-14-5-2-4-13-6-3-7-23-19(13)14/h2-9H,10-11H2,1H3,(H,24,25). The van der Waals surface area contributed by atoms with Gasteiger partial charge < -0.3 is 10.1 Å². The van der Waals surface area contributed by atoms with Crippen LogP contribution >= 0.6 is 31.9 Å². The van der Waals surface area contributed by atoms with Gasteiger partial charge in [-0.3, -0.25) is 14.6 Å². The number of anilines is 1. The van der Waals surface area contributed by atoms with Gasteiger partial charge in [0, 0.05) is 20.5 Å². The zero-order chi connectivity index (χ0) is 19.4. The van der Waals surface area contributed by atoms with Crippen LogP contribution in [0.4, 0.5) is 5.69 Å². The van der Waals surface area contributed by atoms with Crippen LogP contribution in [0.25, 0.3) is 10.9 Å². The molecular formula is C20H16Br2N2O3. The number of hydrogen-bond donors (Lipinski definition) is 1. The van der Waals surface area contributed by atoms with Gasteiger partial charge in [0.25, 0.3) is 5.91 Å². The lowest BCUT2D eigenvalue weighted by molar-refractivity contribution is -0.146. The van der Waals surface area contributed by atoms with Crippen LogP contribution in [0, 0.1) is 6.92 Å². The van der Waals surface area contributed by atoms with Gasteiger partial charge in [-0.1, -0.05) is 24.3 Å². The smallest absolute Gasteiger partial charge is 0.310 e. The quantitative estimate of drug-likeness (QED) is 0.521. The average Bonchev–Trinajstić information content (AvgIpc) is 2.63. The molecule has 0 saturated heterocycles. The molecule has 0 aliphatic heterocycles. The molecule has 27 heavy (non-hydrogen) atoms. The van der Waals surface area contributed by atoms with Crippen molar-refractivity contribution in [2.45, 2.75) is 13.3 Å². The molecule has 3 rings (SSSR count). The highest BCUT2D eigenvalue weighted by Crippen LogP contribution is 2.32. The fourth-order valence-electron chi connectivity index (χ4n) is 2.66. The topological polar surface area (TPSA) is 68.3 Å². The average molecular weight is 492 g/mol. The highest BCUT2D eigenvalue weighted by atomic mass is 79.9. The van der Waals surface area contributed by atoms with Gasteiger partial charge in [-0.25, -0.2) is 0 Å². The first-order valence-corrected chi connectivity index (χ1v) is 9.76. The van der Waals surface area contributed by atoms with Gasteiger partial charge in [0.05, 0.1) is 17.6 Å². The lowest BCUT2D eigenvalue weighted by Crippen LogP contribution is -2.22. The summed E-state index contributed by atoms with van der Waals surface area (Å²) < 4.78 is 6.62. The second-order valence-electron chi connectivity index (χ2n) is 5.98. The molecule has 7 heteroatoms. The molecule has 0 radical (unpaired) electrons. The van der Waals surface area contributed by atoms with E-state index in [1.807, 2.05) is 49.4 Å². The maximum Gasteiger partial charge on any atom is 0.310 e. The summed E-state index contributed by atoms with van der Waals surface area (Å²) in [5.74, 6) is -0.894. The Labute approximate surface area is 173 Å². The normalized spacial score (nSPS) is 10.6. The molecule has 3 aromatic rings. The predicted molar refractivity (Wildman–Crippen MR) is 112 cm³/mol. The number of benzene rings is 2. The number of carbonyl (C=O) groups is 2. The molecule has 5 nitrogen and oxygen atoms in total. The summed E-state index contributed by atoms with van der Waals surface area (Å²) in [6, 6.07) is 13.2. The van der Waals surface area contributed by atoms with Crippen LogP contribution in [0.5, 0.6) is 0 Å². The van der Waals surface area contributed by atoms with Gasteiger partial charge in [0.15, 0.2) is 6.61 Å². The van der Waals surface area contributed by atoms with E-state index in [2.05, 4.69) is 42.2 Å². The molecule has 0 atom stereocenters. The van der Waals surface area contributed by atoms with E-state index in [1.165, 1.54) is 0 Å². The van der Waals surface area contributed by atoms with E-state index < -0.39 is 11.9 Å². The molecular weight excluding hydrogens is 476 g/mol. The number of aromatic nitrogens is 1. The lowest BCUT2D eigenvalue weighted by Gasteiger charge is -2.11. The third-order valence-electron chi connectivity index (χ3n) is 3.87. The molecule has 0 bridgehead atoms. The van der Waals surface area contributed by atoms with Gasteiger partial charge in [-0.2, -0.15) is 0 Å². The van der Waals surface area contributed by atoms with Crippen molar-refractivity contribution in [1.82, 2.24) is 4.98 Å². The molecule has 1 aromatic heterocycles. The van der Waals surface area contributed by atoms with Gasteiger partial charge in [-0.05, 0) is 68.1 Å². The van der Waals surface area contributed by atoms with Crippen molar-refractivity contribution in [1.29, 1.82) is 0 Å². The summed E-state index contributed by atoms with van der Waals surface area (Å²) in [5, 5.41) is 3.69. The van der Waals surface area contributed by atoms with Crippen molar-refractivity contribution >= 4 is 60.3 Å². The predicted octanol–water partition coefficient (Wildman–Crippen LogP) is 4.79. The fourth-order valence-corrected chi connectivity index (χ4v) is 4.27. The molecule has 1 N–H and O–H groups in total. The Hall–Kier alpha value is -2.25. The minimum atomic E-state index is -0.481. The maximum absolute atomic E-state index is 12.1. The highest BCUT2D eigenvalue weighted by molar-refractivity contribution is 9.11. The van der Waals surface area contributed by atoms with Crippen molar-refractivity contribution in [3.8, 4) is 0 Å². The molecule has 0 fully saturated rings. The molecule has 0 unspecified atom stereocenters. The van der Waals surface area contributed by atoms with Gasteiger partial charge in [0.2, 0.25) is 0 Å². The number of nitrogens with zero attached hydrogens (tertiary/aromatic N) is 1. The van der Waals surface area contributed by atoms with Crippen molar-refractivity contribution < 1.29 is 14.3 Å². The largest absolute Gasteiger partial charge is 0.455 e. The minimum absolute atomic E-state index is 0.0551. The molecule has 138 valence electrons. The van der Waals surface area contributed by atoms with Crippen LogP contribution in [0.1, 0.15) is 11.1 Å². The number of esters is 1. The summed E-state index contributed by atoms with van der Waals surface area (Å²) in [5.41, 5.74) is 3.17. The van der Waals surface area contributed by atoms with E-state index in [0.29, 0.717) is 5.69 Å². The zero-order valence-electron chi connectivity index (χ0n) is 14.5. The van der Waals surface area contributed by atoms with E-state index in [4.69, 9.17) is 4.74 Å². The van der Waals surface area contributed by atoms with Crippen LogP contribution in [0.3, 0.4) is 0 Å². The Morgan fingerprint density at radius 2 is 1.81 bits per heavy atom. The number of ether oxygens (including phenoxy) is 1. The lowest BCUT2D eigenvalue weighted by atomic mass is 10.1. The second kappa shape index (κ2) is 8.63. The Balaban J connectivity index is 1.60. The first-order valence-electron chi connectivity index (χ1n) is 8.18. The summed E-state index contributed by atoms with van der Waals surface area (Å²) in [6.45, 7) is 1.59. The summed E-state index contributed by atoms with van der Waals surface area (Å²) >= 11 is 6.83. The number of para-hydroxylation sites is 1. The number of amides is 1. The monoisotopic (exact) mass is 490 g/mol. The van der Waals surface area contributed by atoms with Crippen molar-refractivity contribution in [2.24, 2.45) is 0 Å². The Bertz CT molecular complexity index is 993. The second-order valence-corrected chi connectivity index (χ2v) is 7.69. The van der Waals surface area contributed by atoms with Gasteiger partial charge in [0.1, 0.15) is 0 Å². The molecule has 0 saturated carbocycles. The summed E-state index contributed by atoms with van der Waals surface area (Å²) in [4.78, 5) is 28.6. The number of hydrogen-bond acceptors (Lipinski definition) is 4. The third kappa shape index (κ3) is 4.93. The Kier molecular flexibility index (Phi) is 6.23. The third-order valence-corrected chi connectivity index (χ3v) is 5.12. The summed E-state index contributed by atoms with van der Waals surface area (Å²) in [7, 11) is 0. The molecule has 1 amide bonds. The number of aryl methyl sites for hydroxylation is 1. The molecule has 0 aliphatic carbocycles. The first kappa shape index (κ1) is 19.5. The molecule has 2 aromatic carbocycles. The number of carbonyl (C=O) groups excluding carboxylic acids is 2. The fraction of sp³-hybridized carbons (Fsp3) is 0.150. The zero-order valence-corrected chi connectivity index (χ0v) is 17.6. The van der Waals surface area contributed by atoms with Crippen LogP contribution in [0.2, 0.25) is 0 Å². The van der Waals surface area contributed by atoms with E-state index in [-0.39, 0.29) is 13.0 Å². The molecule has 0 spiro atoms. The van der Waals surface area contributed by atoms with Gasteiger partial charge in [-0.15, -0.1) is 0 Å².